The summed E-state index contributed by atoms with van der Waals surface area (Å²) in [5.41, 5.74) is 2.60. The van der Waals surface area contributed by atoms with Crippen LogP contribution in [0.1, 0.15) is 24.0 Å². The van der Waals surface area contributed by atoms with Crippen LogP contribution in [0.15, 0.2) is 59.1 Å². The number of halogens is 1. The average Bonchev–Trinajstić information content (AvgIpc) is 2.73. The van der Waals surface area contributed by atoms with E-state index in [0.29, 0.717) is 0 Å². The van der Waals surface area contributed by atoms with Crippen molar-refractivity contribution in [1.82, 2.24) is 4.90 Å². The number of likely N-dealkylation sites (N-methyl/N-ethyl adjacent to an activating group) is 1. The first-order valence-electron chi connectivity index (χ1n) is 9.67. The van der Waals surface area contributed by atoms with Crippen molar-refractivity contribution in [3.63, 3.8) is 0 Å². The van der Waals surface area contributed by atoms with Crippen LogP contribution in [0.2, 0.25) is 0 Å². The van der Waals surface area contributed by atoms with Gasteiger partial charge >= 0.3 is 0 Å². The van der Waals surface area contributed by atoms with Crippen molar-refractivity contribution in [3.8, 4) is 5.75 Å². The number of ether oxygens (including phenoxy) is 1. The van der Waals surface area contributed by atoms with Crippen LogP contribution >= 0.6 is 15.9 Å². The summed E-state index contributed by atoms with van der Waals surface area (Å²) in [7, 11) is 3.29. The number of hydrogen-bond acceptors (Lipinski definition) is 3. The number of rotatable bonds is 6. The van der Waals surface area contributed by atoms with E-state index in [0.717, 1.165) is 37.8 Å². The highest BCUT2D eigenvalue weighted by atomic mass is 79.9. The maximum absolute atomic E-state index is 12.9. The van der Waals surface area contributed by atoms with Gasteiger partial charge in [0.2, 0.25) is 11.8 Å². The lowest BCUT2D eigenvalue weighted by Crippen LogP contribution is -2.37. The zero-order chi connectivity index (χ0) is 21.8. The van der Waals surface area contributed by atoms with Gasteiger partial charge < -0.3 is 15.0 Å². The van der Waals surface area contributed by atoms with Crippen molar-refractivity contribution >= 4 is 44.2 Å². The highest BCUT2D eigenvalue weighted by Gasteiger charge is 2.21. The Hall–Kier alpha value is -2.86. The topological polar surface area (TPSA) is 58.6 Å². The number of fused-ring (bicyclic) bond motifs is 1. The fourth-order valence-electron chi connectivity index (χ4n) is 3.36. The fraction of sp³-hybridized carbons (Fsp3) is 0.250. The third-order valence-corrected chi connectivity index (χ3v) is 5.65. The minimum Gasteiger partial charge on any atom is -0.497 e. The van der Waals surface area contributed by atoms with E-state index in [1.807, 2.05) is 68.4 Å². The number of nitrogens with one attached hydrogen (secondary N) is 1. The number of methoxy groups -OCH3 is 1. The molecule has 3 aromatic carbocycles. The molecule has 6 heteroatoms. The molecule has 0 radical (unpaired) electrons. The van der Waals surface area contributed by atoms with E-state index in [1.165, 1.54) is 4.90 Å². The number of carbonyl (C=O) groups excluding carboxylic acids is 2. The van der Waals surface area contributed by atoms with E-state index >= 15 is 0 Å². The molecule has 156 valence electrons. The number of carbonyl (C=O) groups is 2. The van der Waals surface area contributed by atoms with E-state index in [9.17, 15) is 9.59 Å². The van der Waals surface area contributed by atoms with E-state index in [4.69, 9.17) is 4.74 Å². The van der Waals surface area contributed by atoms with Gasteiger partial charge in [-0.2, -0.15) is 0 Å². The third-order valence-electron chi connectivity index (χ3n) is 5.16. The van der Waals surface area contributed by atoms with Gasteiger partial charge in [-0.3, -0.25) is 9.59 Å². The summed E-state index contributed by atoms with van der Waals surface area (Å²) in [6.07, 6.45) is 0. The van der Waals surface area contributed by atoms with E-state index in [-0.39, 0.29) is 24.3 Å². The molecular formula is C24H25BrN2O3. The summed E-state index contributed by atoms with van der Waals surface area (Å²) < 4.78 is 6.21. The van der Waals surface area contributed by atoms with Crippen molar-refractivity contribution in [1.29, 1.82) is 0 Å². The number of nitrogens with zero attached hydrogens (tertiary/aromatic N) is 1. The van der Waals surface area contributed by atoms with Crippen LogP contribution in [0.25, 0.3) is 10.8 Å². The summed E-state index contributed by atoms with van der Waals surface area (Å²) in [6.45, 7) is 3.77. The van der Waals surface area contributed by atoms with Gasteiger partial charge in [0.1, 0.15) is 5.75 Å². The number of benzene rings is 3. The summed E-state index contributed by atoms with van der Waals surface area (Å²) in [5, 5.41) is 4.96. The Bertz CT molecular complexity index is 1100. The number of hydrogen-bond donors (Lipinski definition) is 1. The van der Waals surface area contributed by atoms with E-state index in [2.05, 4.69) is 21.2 Å². The monoisotopic (exact) mass is 468 g/mol. The summed E-state index contributed by atoms with van der Waals surface area (Å²) in [4.78, 5) is 26.8. The number of amides is 2. The first-order valence-corrected chi connectivity index (χ1v) is 10.5. The molecule has 0 aliphatic heterocycles. The molecular weight excluding hydrogens is 444 g/mol. The molecule has 1 N–H and O–H groups in total. The Morgan fingerprint density at radius 1 is 1.07 bits per heavy atom. The predicted octanol–water partition coefficient (Wildman–Crippen LogP) is 5.12. The molecule has 0 aliphatic carbocycles. The molecule has 2 amide bonds. The lowest BCUT2D eigenvalue weighted by Gasteiger charge is -2.22. The molecule has 1 unspecified atom stereocenters. The minimum atomic E-state index is -0.358. The van der Waals surface area contributed by atoms with Crippen LogP contribution in [0.4, 0.5) is 5.69 Å². The molecule has 0 saturated heterocycles. The maximum Gasteiger partial charge on any atom is 0.243 e. The van der Waals surface area contributed by atoms with Gasteiger partial charge in [-0.15, -0.1) is 0 Å². The van der Waals surface area contributed by atoms with Crippen LogP contribution in [0.5, 0.6) is 5.75 Å². The molecule has 5 nitrogen and oxygen atoms in total. The van der Waals surface area contributed by atoms with Gasteiger partial charge in [-0.25, -0.2) is 0 Å². The SMILES string of the molecule is COc1ccc2cc(C(C)C(=O)N(C)CC(=O)Nc3ccc(Br)cc3C)ccc2c1. The van der Waals surface area contributed by atoms with Crippen LogP contribution < -0.4 is 10.1 Å². The average molecular weight is 469 g/mol. The molecule has 3 rings (SSSR count). The Kier molecular flexibility index (Phi) is 6.77. The first-order chi connectivity index (χ1) is 14.3. The van der Waals surface area contributed by atoms with Crippen LogP contribution in [0.3, 0.4) is 0 Å². The summed E-state index contributed by atoms with van der Waals surface area (Å²) >= 11 is 3.41. The molecule has 0 bridgehead atoms. The molecule has 0 spiro atoms. The molecule has 0 aromatic heterocycles. The quantitative estimate of drug-likeness (QED) is 0.545. The normalized spacial score (nSPS) is 11.8. The zero-order valence-electron chi connectivity index (χ0n) is 17.5. The van der Waals surface area contributed by atoms with Crippen LogP contribution in [-0.4, -0.2) is 37.4 Å². The fourth-order valence-corrected chi connectivity index (χ4v) is 3.84. The van der Waals surface area contributed by atoms with Crippen molar-refractivity contribution in [2.24, 2.45) is 0 Å². The Labute approximate surface area is 185 Å². The molecule has 0 aliphatic rings. The molecule has 3 aromatic rings. The van der Waals surface area contributed by atoms with Crippen LogP contribution in [-0.2, 0) is 9.59 Å². The van der Waals surface area contributed by atoms with E-state index < -0.39 is 0 Å². The number of aryl methyl sites for hydroxylation is 1. The largest absolute Gasteiger partial charge is 0.497 e. The van der Waals surface area contributed by atoms with Crippen molar-refractivity contribution < 1.29 is 14.3 Å². The lowest BCUT2D eigenvalue weighted by atomic mass is 9.96. The summed E-state index contributed by atoms with van der Waals surface area (Å²) in [5.74, 6) is 0.106. The maximum atomic E-state index is 12.9. The summed E-state index contributed by atoms with van der Waals surface area (Å²) in [6, 6.07) is 17.4. The van der Waals surface area contributed by atoms with Crippen LogP contribution in [0, 0.1) is 6.92 Å². The second kappa shape index (κ2) is 9.30. The molecule has 1 atom stereocenters. The molecule has 0 fully saturated rings. The smallest absolute Gasteiger partial charge is 0.243 e. The minimum absolute atomic E-state index is 0.0105. The van der Waals surface area contributed by atoms with Gasteiger partial charge in [0, 0.05) is 17.2 Å². The van der Waals surface area contributed by atoms with Gasteiger partial charge in [0.25, 0.3) is 0 Å². The highest BCUT2D eigenvalue weighted by molar-refractivity contribution is 9.10. The first kappa shape index (κ1) is 21.8. The van der Waals surface area contributed by atoms with Gasteiger partial charge in [0.15, 0.2) is 0 Å². The van der Waals surface area contributed by atoms with Crippen molar-refractivity contribution in [2.75, 3.05) is 26.0 Å². The van der Waals surface area contributed by atoms with E-state index in [1.54, 1.807) is 14.2 Å². The van der Waals surface area contributed by atoms with Gasteiger partial charge in [0.05, 0.1) is 19.6 Å². The second-order valence-corrected chi connectivity index (χ2v) is 8.31. The molecule has 30 heavy (non-hydrogen) atoms. The molecule has 0 heterocycles. The predicted molar refractivity (Wildman–Crippen MR) is 124 cm³/mol. The Morgan fingerprint density at radius 3 is 2.47 bits per heavy atom. The lowest BCUT2D eigenvalue weighted by molar-refractivity contribution is -0.134. The highest BCUT2D eigenvalue weighted by Crippen LogP contribution is 2.26. The zero-order valence-corrected chi connectivity index (χ0v) is 19.1. The number of anilines is 1. The standard InChI is InChI=1S/C24H25BrN2O3/c1-15-11-20(25)8-10-22(15)26-23(28)14-27(3)24(29)16(2)17-5-6-19-13-21(30-4)9-7-18(19)12-17/h5-13,16H,14H2,1-4H3,(H,26,28). The van der Waals surface area contributed by atoms with Crippen molar-refractivity contribution in [2.45, 2.75) is 19.8 Å². The second-order valence-electron chi connectivity index (χ2n) is 7.40. The Morgan fingerprint density at radius 2 is 1.77 bits per heavy atom. The molecule has 0 saturated carbocycles. The Balaban J connectivity index is 1.67. The van der Waals surface area contributed by atoms with Gasteiger partial charge in [-0.1, -0.05) is 40.2 Å². The van der Waals surface area contributed by atoms with Crippen molar-refractivity contribution in [3.05, 3.63) is 70.2 Å². The van der Waals surface area contributed by atoms with Gasteiger partial charge in [-0.05, 0) is 66.1 Å². The third kappa shape index (κ3) is 5.00.